The van der Waals surface area contributed by atoms with E-state index in [1.807, 2.05) is 35.8 Å². The zero-order valence-corrected chi connectivity index (χ0v) is 18.7. The van der Waals surface area contributed by atoms with Gasteiger partial charge in [0.05, 0.1) is 47.9 Å². The van der Waals surface area contributed by atoms with E-state index in [-0.39, 0.29) is 18.0 Å². The molecule has 0 fully saturated rings. The van der Waals surface area contributed by atoms with Gasteiger partial charge in [-0.05, 0) is 43.3 Å². The van der Waals surface area contributed by atoms with Gasteiger partial charge in [-0.2, -0.15) is 0 Å². The van der Waals surface area contributed by atoms with Crippen LogP contribution >= 0.6 is 0 Å². The molecule has 1 aromatic heterocycles. The van der Waals surface area contributed by atoms with Crippen molar-refractivity contribution in [2.45, 2.75) is 24.5 Å². The lowest BCUT2D eigenvalue weighted by Crippen LogP contribution is -2.39. The molecule has 0 aliphatic rings. The Balaban J connectivity index is 1.71. The molecule has 3 aromatic carbocycles. The molecule has 0 unspecified atom stereocenters. The fourth-order valence-corrected chi connectivity index (χ4v) is 5.30. The van der Waals surface area contributed by atoms with E-state index in [9.17, 15) is 13.5 Å². The summed E-state index contributed by atoms with van der Waals surface area (Å²) in [7, 11) is -2.46. The van der Waals surface area contributed by atoms with Crippen LogP contribution in [0.2, 0.25) is 0 Å². The predicted octanol–water partition coefficient (Wildman–Crippen LogP) is 3.61. The van der Waals surface area contributed by atoms with Gasteiger partial charge in [-0.15, -0.1) is 0 Å². The minimum absolute atomic E-state index is 0.141. The summed E-state index contributed by atoms with van der Waals surface area (Å²) in [6.45, 7) is 1.91. The topological polar surface area (TPSA) is 84.7 Å². The molecule has 32 heavy (non-hydrogen) atoms. The van der Waals surface area contributed by atoms with Crippen LogP contribution in [-0.2, 0) is 16.6 Å². The first-order chi connectivity index (χ1) is 15.4. The van der Waals surface area contributed by atoms with E-state index < -0.39 is 16.1 Å². The van der Waals surface area contributed by atoms with Gasteiger partial charge in [-0.25, -0.2) is 13.4 Å². The minimum Gasteiger partial charge on any atom is -0.495 e. The standard InChI is InChI=1S/C24H25N3O4S/c1-18-25-21-12-6-7-13-22(21)26(18)16-19(28)17-27(23-14-8-9-15-24(23)31-2)32(29,30)20-10-4-3-5-11-20/h3-15,19,28H,16-17H2,1-2H3/t19-/m1/s1. The Hall–Kier alpha value is -3.36. The molecule has 1 heterocycles. The Labute approximate surface area is 187 Å². The number of hydrogen-bond acceptors (Lipinski definition) is 5. The number of hydrogen-bond donors (Lipinski definition) is 1. The first-order valence-electron chi connectivity index (χ1n) is 10.2. The quantitative estimate of drug-likeness (QED) is 0.442. The number of ether oxygens (including phenoxy) is 1. The summed E-state index contributed by atoms with van der Waals surface area (Å²) in [5.74, 6) is 1.16. The van der Waals surface area contributed by atoms with Crippen molar-refractivity contribution in [2.24, 2.45) is 0 Å². The molecule has 0 bridgehead atoms. The number of para-hydroxylation sites is 4. The number of anilines is 1. The number of fused-ring (bicyclic) bond motifs is 1. The van der Waals surface area contributed by atoms with Crippen LogP contribution in [0.15, 0.2) is 83.8 Å². The van der Waals surface area contributed by atoms with E-state index in [0.717, 1.165) is 16.9 Å². The van der Waals surface area contributed by atoms with E-state index in [1.54, 1.807) is 42.5 Å². The Morgan fingerprint density at radius 1 is 1.00 bits per heavy atom. The fourth-order valence-electron chi connectivity index (χ4n) is 3.77. The number of methoxy groups -OCH3 is 1. The second-order valence-electron chi connectivity index (χ2n) is 7.43. The summed E-state index contributed by atoms with van der Waals surface area (Å²) in [6.07, 6.45) is -0.991. The average molecular weight is 452 g/mol. The first kappa shape index (κ1) is 21.9. The SMILES string of the molecule is COc1ccccc1N(C[C@H](O)Cn1c(C)nc2ccccc21)S(=O)(=O)c1ccccc1. The number of aromatic nitrogens is 2. The van der Waals surface area contributed by atoms with Crippen molar-refractivity contribution in [1.82, 2.24) is 9.55 Å². The fraction of sp³-hybridized carbons (Fsp3) is 0.208. The van der Waals surface area contributed by atoms with Gasteiger partial charge >= 0.3 is 0 Å². The van der Waals surface area contributed by atoms with Crippen molar-refractivity contribution in [3.05, 3.63) is 84.7 Å². The Bertz CT molecular complexity index is 1320. The Morgan fingerprint density at radius 3 is 2.41 bits per heavy atom. The van der Waals surface area contributed by atoms with Crippen LogP contribution in [0.25, 0.3) is 11.0 Å². The van der Waals surface area contributed by atoms with Crippen LogP contribution in [0.5, 0.6) is 5.75 Å². The number of imidazole rings is 1. The highest BCUT2D eigenvalue weighted by Crippen LogP contribution is 2.32. The van der Waals surface area contributed by atoms with Crippen LogP contribution in [0.3, 0.4) is 0 Å². The lowest BCUT2D eigenvalue weighted by atomic mass is 10.2. The lowest BCUT2D eigenvalue weighted by Gasteiger charge is -2.28. The molecular formula is C24H25N3O4S. The van der Waals surface area contributed by atoms with Gasteiger partial charge < -0.3 is 14.4 Å². The van der Waals surface area contributed by atoms with E-state index in [2.05, 4.69) is 4.98 Å². The van der Waals surface area contributed by atoms with Gasteiger partial charge in [0.2, 0.25) is 0 Å². The molecule has 8 heteroatoms. The summed E-state index contributed by atoms with van der Waals surface area (Å²) < 4.78 is 35.6. The molecule has 4 aromatic rings. The van der Waals surface area contributed by atoms with Gasteiger partial charge in [0, 0.05) is 0 Å². The van der Waals surface area contributed by atoms with E-state index >= 15 is 0 Å². The zero-order chi connectivity index (χ0) is 22.7. The second kappa shape index (κ2) is 9.02. The molecule has 0 saturated heterocycles. The number of nitrogens with zero attached hydrogens (tertiary/aromatic N) is 3. The van der Waals surface area contributed by atoms with Crippen molar-refractivity contribution >= 4 is 26.7 Å². The maximum absolute atomic E-state index is 13.6. The summed E-state index contributed by atoms with van der Waals surface area (Å²) in [5.41, 5.74) is 2.08. The van der Waals surface area contributed by atoms with Gasteiger partial charge in [0.25, 0.3) is 10.0 Å². The van der Waals surface area contributed by atoms with Crippen molar-refractivity contribution in [3.63, 3.8) is 0 Å². The minimum atomic E-state index is -3.94. The van der Waals surface area contributed by atoms with Crippen LogP contribution in [0.1, 0.15) is 5.82 Å². The zero-order valence-electron chi connectivity index (χ0n) is 17.9. The van der Waals surface area contributed by atoms with Crippen molar-refractivity contribution in [1.29, 1.82) is 0 Å². The van der Waals surface area contributed by atoms with Crippen LogP contribution < -0.4 is 9.04 Å². The maximum Gasteiger partial charge on any atom is 0.264 e. The molecule has 0 spiro atoms. The number of benzene rings is 3. The average Bonchev–Trinajstić information content (AvgIpc) is 3.13. The summed E-state index contributed by atoms with van der Waals surface area (Å²) in [5, 5.41) is 11.0. The number of aryl methyl sites for hydroxylation is 1. The molecule has 1 atom stereocenters. The molecular weight excluding hydrogens is 426 g/mol. The van der Waals surface area contributed by atoms with Crippen molar-refractivity contribution in [3.8, 4) is 5.75 Å². The third-order valence-electron chi connectivity index (χ3n) is 5.30. The van der Waals surface area contributed by atoms with E-state index in [4.69, 9.17) is 4.74 Å². The largest absolute Gasteiger partial charge is 0.495 e. The van der Waals surface area contributed by atoms with E-state index in [1.165, 1.54) is 23.5 Å². The van der Waals surface area contributed by atoms with Gasteiger partial charge in [-0.3, -0.25) is 4.31 Å². The highest BCUT2D eigenvalue weighted by atomic mass is 32.2. The normalized spacial score (nSPS) is 12.6. The van der Waals surface area contributed by atoms with Crippen LogP contribution in [0, 0.1) is 6.92 Å². The van der Waals surface area contributed by atoms with Crippen molar-refractivity contribution < 1.29 is 18.3 Å². The summed E-state index contributed by atoms with van der Waals surface area (Å²) >= 11 is 0. The van der Waals surface area contributed by atoms with Crippen LogP contribution in [-0.4, -0.2) is 42.8 Å². The Morgan fingerprint density at radius 2 is 1.66 bits per heavy atom. The van der Waals surface area contributed by atoms with Gasteiger partial charge in [0.15, 0.2) is 0 Å². The van der Waals surface area contributed by atoms with Crippen LogP contribution in [0.4, 0.5) is 5.69 Å². The molecule has 0 radical (unpaired) electrons. The molecule has 1 N–H and O–H groups in total. The van der Waals surface area contributed by atoms with Gasteiger partial charge in [-0.1, -0.05) is 42.5 Å². The molecule has 0 aliphatic heterocycles. The third kappa shape index (κ3) is 4.19. The maximum atomic E-state index is 13.6. The highest BCUT2D eigenvalue weighted by molar-refractivity contribution is 7.92. The monoisotopic (exact) mass is 451 g/mol. The Kier molecular flexibility index (Phi) is 6.16. The third-order valence-corrected chi connectivity index (χ3v) is 7.09. The number of aliphatic hydroxyl groups is 1. The molecule has 4 rings (SSSR count). The van der Waals surface area contributed by atoms with E-state index in [0.29, 0.717) is 11.4 Å². The number of aliphatic hydroxyl groups excluding tert-OH is 1. The lowest BCUT2D eigenvalue weighted by molar-refractivity contribution is 0.163. The molecule has 0 saturated carbocycles. The molecule has 166 valence electrons. The predicted molar refractivity (Wildman–Crippen MR) is 124 cm³/mol. The highest BCUT2D eigenvalue weighted by Gasteiger charge is 2.29. The molecule has 0 aliphatic carbocycles. The second-order valence-corrected chi connectivity index (χ2v) is 9.30. The summed E-state index contributed by atoms with van der Waals surface area (Å²) in [6, 6.07) is 22.7. The number of rotatable bonds is 8. The van der Waals surface area contributed by atoms with Gasteiger partial charge in [0.1, 0.15) is 11.6 Å². The number of sulfonamides is 1. The summed E-state index contributed by atoms with van der Waals surface area (Å²) in [4.78, 5) is 4.67. The smallest absolute Gasteiger partial charge is 0.264 e. The van der Waals surface area contributed by atoms with Crippen molar-refractivity contribution in [2.75, 3.05) is 18.0 Å². The molecule has 0 amide bonds. The first-order valence-corrected chi connectivity index (χ1v) is 11.7. The molecule has 7 nitrogen and oxygen atoms in total.